The molecule has 0 fully saturated rings. The van der Waals surface area contributed by atoms with E-state index < -0.39 is 11.9 Å². The maximum absolute atomic E-state index is 10.8. The summed E-state index contributed by atoms with van der Waals surface area (Å²) >= 11 is 0. The van der Waals surface area contributed by atoms with Crippen LogP contribution in [-0.2, 0) is 17.8 Å². The van der Waals surface area contributed by atoms with Crippen molar-refractivity contribution in [1.29, 1.82) is 0 Å². The van der Waals surface area contributed by atoms with Crippen LogP contribution in [0.4, 0.5) is 0 Å². The zero-order valence-corrected chi connectivity index (χ0v) is 8.88. The minimum absolute atomic E-state index is 0.158. The Hall–Kier alpha value is -1.92. The molecular formula is C9H13N3O4. The van der Waals surface area contributed by atoms with Crippen molar-refractivity contribution in [2.45, 2.75) is 32.7 Å². The van der Waals surface area contributed by atoms with Crippen LogP contribution in [0.3, 0.4) is 0 Å². The molecule has 16 heavy (non-hydrogen) atoms. The average Bonchev–Trinajstić information content (AvgIpc) is 2.57. The largest absolute Gasteiger partial charge is 0.480 e. The van der Waals surface area contributed by atoms with E-state index in [4.69, 9.17) is 10.2 Å². The standard InChI is InChI=1S/C9H13N3O4/c1-2-3-4-6-8(9(15)16)10-11-12(6)5-7(13)14/h2-5H2,1H3,(H,13,14)(H,15,16). The van der Waals surface area contributed by atoms with Gasteiger partial charge in [0.15, 0.2) is 5.69 Å². The molecule has 7 nitrogen and oxygen atoms in total. The topological polar surface area (TPSA) is 105 Å². The van der Waals surface area contributed by atoms with Gasteiger partial charge in [0.1, 0.15) is 6.54 Å². The maximum atomic E-state index is 10.8. The normalized spacial score (nSPS) is 10.3. The molecule has 1 aromatic heterocycles. The van der Waals surface area contributed by atoms with E-state index in [-0.39, 0.29) is 12.2 Å². The van der Waals surface area contributed by atoms with Crippen molar-refractivity contribution in [3.8, 4) is 0 Å². The van der Waals surface area contributed by atoms with E-state index >= 15 is 0 Å². The Kier molecular flexibility index (Phi) is 3.98. The summed E-state index contributed by atoms with van der Waals surface area (Å²) in [5.74, 6) is -2.25. The van der Waals surface area contributed by atoms with Gasteiger partial charge in [0.05, 0.1) is 5.69 Å². The molecule has 1 heterocycles. The third-order valence-electron chi connectivity index (χ3n) is 2.09. The number of rotatable bonds is 6. The molecule has 0 saturated heterocycles. The molecule has 0 aliphatic heterocycles. The lowest BCUT2D eigenvalue weighted by atomic mass is 10.1. The van der Waals surface area contributed by atoms with Gasteiger partial charge in [0.2, 0.25) is 0 Å². The molecule has 0 unspecified atom stereocenters. The molecule has 7 heteroatoms. The van der Waals surface area contributed by atoms with Crippen molar-refractivity contribution in [2.75, 3.05) is 0 Å². The first-order chi connectivity index (χ1) is 7.56. The molecule has 88 valence electrons. The van der Waals surface area contributed by atoms with Crippen LogP contribution in [0.1, 0.15) is 35.9 Å². The summed E-state index contributed by atoms with van der Waals surface area (Å²) in [4.78, 5) is 21.4. The number of aliphatic carboxylic acids is 1. The lowest BCUT2D eigenvalue weighted by Crippen LogP contribution is -2.14. The van der Waals surface area contributed by atoms with Crippen molar-refractivity contribution < 1.29 is 19.8 Å². The van der Waals surface area contributed by atoms with Crippen LogP contribution >= 0.6 is 0 Å². The first kappa shape index (κ1) is 12.2. The number of aromatic nitrogens is 3. The molecule has 0 radical (unpaired) electrons. The fourth-order valence-corrected chi connectivity index (χ4v) is 1.35. The highest BCUT2D eigenvalue weighted by Crippen LogP contribution is 2.09. The van der Waals surface area contributed by atoms with E-state index in [0.717, 1.165) is 17.5 Å². The third-order valence-corrected chi connectivity index (χ3v) is 2.09. The van der Waals surface area contributed by atoms with Crippen molar-refractivity contribution in [1.82, 2.24) is 15.0 Å². The summed E-state index contributed by atoms with van der Waals surface area (Å²) in [6.07, 6.45) is 2.13. The van der Waals surface area contributed by atoms with E-state index in [1.165, 1.54) is 0 Å². The molecule has 0 aliphatic carbocycles. The molecule has 0 bridgehead atoms. The summed E-state index contributed by atoms with van der Waals surface area (Å²) < 4.78 is 1.13. The first-order valence-corrected chi connectivity index (χ1v) is 4.93. The minimum atomic E-state index is -1.18. The predicted octanol–water partition coefficient (Wildman–Crippen LogP) is 0.403. The van der Waals surface area contributed by atoms with Crippen LogP contribution in [0.15, 0.2) is 0 Å². The van der Waals surface area contributed by atoms with Crippen molar-refractivity contribution >= 4 is 11.9 Å². The highest BCUT2D eigenvalue weighted by atomic mass is 16.4. The minimum Gasteiger partial charge on any atom is -0.480 e. The van der Waals surface area contributed by atoms with Gasteiger partial charge in [-0.1, -0.05) is 18.6 Å². The van der Waals surface area contributed by atoms with Gasteiger partial charge in [0.25, 0.3) is 0 Å². The quantitative estimate of drug-likeness (QED) is 0.728. The van der Waals surface area contributed by atoms with Gasteiger partial charge >= 0.3 is 11.9 Å². The Balaban J connectivity index is 2.98. The Bertz CT molecular complexity index is 399. The lowest BCUT2D eigenvalue weighted by molar-refractivity contribution is -0.138. The van der Waals surface area contributed by atoms with Crippen molar-refractivity contribution in [2.24, 2.45) is 0 Å². The van der Waals surface area contributed by atoms with E-state index in [1.807, 2.05) is 6.92 Å². The molecule has 0 aromatic carbocycles. The molecule has 0 saturated carbocycles. The van der Waals surface area contributed by atoms with E-state index in [2.05, 4.69) is 10.3 Å². The molecule has 0 amide bonds. The van der Waals surface area contributed by atoms with Gasteiger partial charge < -0.3 is 10.2 Å². The molecular weight excluding hydrogens is 214 g/mol. The molecule has 0 aliphatic rings. The SMILES string of the molecule is CCCCc1c(C(=O)O)nnn1CC(=O)O. The molecule has 0 spiro atoms. The van der Waals surface area contributed by atoms with E-state index in [0.29, 0.717) is 12.1 Å². The van der Waals surface area contributed by atoms with Crippen LogP contribution in [0.5, 0.6) is 0 Å². The van der Waals surface area contributed by atoms with Gasteiger partial charge in [-0.3, -0.25) is 4.79 Å². The highest BCUT2D eigenvalue weighted by molar-refractivity contribution is 5.86. The summed E-state index contributed by atoms with van der Waals surface area (Å²) in [5, 5.41) is 24.5. The van der Waals surface area contributed by atoms with Crippen LogP contribution in [0, 0.1) is 0 Å². The van der Waals surface area contributed by atoms with Crippen molar-refractivity contribution in [3.63, 3.8) is 0 Å². The second-order valence-corrected chi connectivity index (χ2v) is 3.34. The van der Waals surface area contributed by atoms with Crippen molar-refractivity contribution in [3.05, 3.63) is 11.4 Å². The molecule has 2 N–H and O–H groups in total. The van der Waals surface area contributed by atoms with Crippen LogP contribution in [-0.4, -0.2) is 37.1 Å². The summed E-state index contributed by atoms with van der Waals surface area (Å²) in [5.41, 5.74) is 0.214. The molecule has 1 rings (SSSR count). The third kappa shape index (κ3) is 2.78. The first-order valence-electron chi connectivity index (χ1n) is 4.93. The lowest BCUT2D eigenvalue weighted by Gasteiger charge is -2.03. The summed E-state index contributed by atoms with van der Waals surface area (Å²) in [6.45, 7) is 1.60. The number of hydrogen-bond donors (Lipinski definition) is 2. The second-order valence-electron chi connectivity index (χ2n) is 3.34. The predicted molar refractivity (Wildman–Crippen MR) is 53.2 cm³/mol. The van der Waals surface area contributed by atoms with Crippen LogP contribution < -0.4 is 0 Å². The summed E-state index contributed by atoms with van der Waals surface area (Å²) in [7, 11) is 0. The van der Waals surface area contributed by atoms with Gasteiger partial charge in [-0.15, -0.1) is 5.10 Å². The number of hydrogen-bond acceptors (Lipinski definition) is 4. The van der Waals surface area contributed by atoms with Gasteiger partial charge in [-0.2, -0.15) is 0 Å². The Labute approximate surface area is 91.7 Å². The number of unbranched alkanes of at least 4 members (excludes halogenated alkanes) is 1. The zero-order valence-electron chi connectivity index (χ0n) is 8.88. The number of aromatic carboxylic acids is 1. The fourth-order valence-electron chi connectivity index (χ4n) is 1.35. The number of carboxylic acids is 2. The summed E-state index contributed by atoms with van der Waals surface area (Å²) in [6, 6.07) is 0. The van der Waals surface area contributed by atoms with Crippen LogP contribution in [0.25, 0.3) is 0 Å². The highest BCUT2D eigenvalue weighted by Gasteiger charge is 2.19. The monoisotopic (exact) mass is 227 g/mol. The number of carboxylic acid groups (broad SMARTS) is 2. The maximum Gasteiger partial charge on any atom is 0.358 e. The fraction of sp³-hybridized carbons (Fsp3) is 0.556. The second kappa shape index (κ2) is 5.24. The van der Waals surface area contributed by atoms with Gasteiger partial charge in [0, 0.05) is 0 Å². The Morgan fingerprint density at radius 1 is 1.38 bits per heavy atom. The zero-order chi connectivity index (χ0) is 12.1. The number of carbonyl (C=O) groups is 2. The smallest absolute Gasteiger partial charge is 0.358 e. The average molecular weight is 227 g/mol. The van der Waals surface area contributed by atoms with E-state index in [9.17, 15) is 9.59 Å². The number of nitrogens with zero attached hydrogens (tertiary/aromatic N) is 3. The Morgan fingerprint density at radius 2 is 2.06 bits per heavy atom. The van der Waals surface area contributed by atoms with Gasteiger partial charge in [-0.05, 0) is 12.8 Å². The van der Waals surface area contributed by atoms with Gasteiger partial charge in [-0.25, -0.2) is 9.48 Å². The Morgan fingerprint density at radius 3 is 2.56 bits per heavy atom. The van der Waals surface area contributed by atoms with E-state index in [1.54, 1.807) is 0 Å². The molecule has 0 atom stereocenters. The molecule has 1 aromatic rings. The van der Waals surface area contributed by atoms with Crippen LogP contribution in [0.2, 0.25) is 0 Å².